The number of hydrogen-bond acceptors (Lipinski definition) is 5. The highest BCUT2D eigenvalue weighted by Crippen LogP contribution is 2.39. The average Bonchev–Trinajstić information content (AvgIpc) is 3.12. The van der Waals surface area contributed by atoms with Gasteiger partial charge in [-0.1, -0.05) is 35.4 Å². The van der Waals surface area contributed by atoms with Crippen LogP contribution in [0.4, 0.5) is 0 Å². The molecule has 1 heterocycles. The normalized spacial score (nSPS) is 18.7. The van der Waals surface area contributed by atoms with E-state index in [9.17, 15) is 16.8 Å². The molecule has 2 aromatic carbocycles. The maximum atomic E-state index is 13.2. The molecule has 27 heavy (non-hydrogen) atoms. The SMILES string of the molecule is COS(=O)(=O)c1ccc(C)cc1[C@@H]1CCCN1S(=O)(=O)c1ccc(C)cc1. The van der Waals surface area contributed by atoms with Crippen LogP contribution >= 0.6 is 0 Å². The van der Waals surface area contributed by atoms with Gasteiger partial charge in [-0.05, 0) is 50.5 Å². The summed E-state index contributed by atoms with van der Waals surface area (Å²) in [5, 5.41) is 0. The minimum atomic E-state index is -3.94. The van der Waals surface area contributed by atoms with Gasteiger partial charge in [-0.3, -0.25) is 4.18 Å². The van der Waals surface area contributed by atoms with Crippen LogP contribution in [0.25, 0.3) is 0 Å². The van der Waals surface area contributed by atoms with Crippen molar-refractivity contribution in [3.05, 3.63) is 59.2 Å². The first-order valence-electron chi connectivity index (χ1n) is 8.66. The molecule has 146 valence electrons. The summed E-state index contributed by atoms with van der Waals surface area (Å²) in [6.45, 7) is 4.09. The fraction of sp³-hybridized carbons (Fsp3) is 0.368. The monoisotopic (exact) mass is 409 g/mol. The van der Waals surface area contributed by atoms with Crippen LogP contribution in [-0.4, -0.2) is 34.8 Å². The van der Waals surface area contributed by atoms with Gasteiger partial charge in [0.05, 0.1) is 22.9 Å². The molecule has 3 rings (SSSR count). The zero-order valence-electron chi connectivity index (χ0n) is 15.5. The average molecular weight is 410 g/mol. The quantitative estimate of drug-likeness (QED) is 0.709. The van der Waals surface area contributed by atoms with Crippen molar-refractivity contribution in [3.63, 3.8) is 0 Å². The van der Waals surface area contributed by atoms with E-state index in [1.165, 1.54) is 10.4 Å². The molecule has 0 unspecified atom stereocenters. The number of rotatable bonds is 5. The summed E-state index contributed by atoms with van der Waals surface area (Å²) in [7, 11) is -6.58. The number of sulfonamides is 1. The van der Waals surface area contributed by atoms with Crippen molar-refractivity contribution in [2.24, 2.45) is 0 Å². The molecule has 1 saturated heterocycles. The largest absolute Gasteiger partial charge is 0.297 e. The van der Waals surface area contributed by atoms with Gasteiger partial charge in [-0.2, -0.15) is 12.7 Å². The maximum Gasteiger partial charge on any atom is 0.297 e. The van der Waals surface area contributed by atoms with Gasteiger partial charge in [0.2, 0.25) is 10.0 Å². The fourth-order valence-corrected chi connectivity index (χ4v) is 6.00. The van der Waals surface area contributed by atoms with Crippen molar-refractivity contribution in [2.75, 3.05) is 13.7 Å². The lowest BCUT2D eigenvalue weighted by molar-refractivity contribution is 0.380. The minimum Gasteiger partial charge on any atom is -0.270 e. The Bertz CT molecular complexity index is 1040. The van der Waals surface area contributed by atoms with E-state index in [1.807, 2.05) is 13.8 Å². The number of benzene rings is 2. The van der Waals surface area contributed by atoms with Crippen molar-refractivity contribution in [1.82, 2.24) is 4.31 Å². The molecule has 0 aromatic heterocycles. The minimum absolute atomic E-state index is 0.0200. The Morgan fingerprint density at radius 3 is 2.22 bits per heavy atom. The zero-order valence-corrected chi connectivity index (χ0v) is 17.2. The summed E-state index contributed by atoms with van der Waals surface area (Å²) in [5.41, 5.74) is 2.30. The molecule has 0 aliphatic carbocycles. The topological polar surface area (TPSA) is 80.8 Å². The van der Waals surface area contributed by atoms with Crippen LogP contribution in [0.2, 0.25) is 0 Å². The van der Waals surface area contributed by atoms with Gasteiger partial charge < -0.3 is 0 Å². The van der Waals surface area contributed by atoms with E-state index >= 15 is 0 Å². The molecule has 1 atom stereocenters. The molecule has 1 fully saturated rings. The predicted molar refractivity (Wildman–Crippen MR) is 102 cm³/mol. The van der Waals surface area contributed by atoms with Gasteiger partial charge in [0.25, 0.3) is 10.1 Å². The zero-order chi connectivity index (χ0) is 19.8. The number of nitrogens with zero attached hydrogens (tertiary/aromatic N) is 1. The Hall–Kier alpha value is -1.74. The molecular weight excluding hydrogens is 386 g/mol. The Morgan fingerprint density at radius 2 is 1.59 bits per heavy atom. The predicted octanol–water partition coefficient (Wildman–Crippen LogP) is 3.16. The van der Waals surface area contributed by atoms with Gasteiger partial charge in [0.1, 0.15) is 0 Å². The molecule has 0 saturated carbocycles. The highest BCUT2D eigenvalue weighted by molar-refractivity contribution is 7.89. The molecule has 1 aliphatic heterocycles. The van der Waals surface area contributed by atoms with Crippen LogP contribution in [-0.2, 0) is 24.3 Å². The van der Waals surface area contributed by atoms with Crippen LogP contribution in [0.3, 0.4) is 0 Å². The lowest BCUT2D eigenvalue weighted by Gasteiger charge is -2.26. The molecule has 0 bridgehead atoms. The molecular formula is C19H23NO5S2. The van der Waals surface area contributed by atoms with Gasteiger partial charge in [0, 0.05) is 6.54 Å². The van der Waals surface area contributed by atoms with Crippen LogP contribution in [0, 0.1) is 13.8 Å². The summed E-state index contributed by atoms with van der Waals surface area (Å²) in [5.74, 6) is 0. The Morgan fingerprint density at radius 1 is 0.963 bits per heavy atom. The summed E-state index contributed by atoms with van der Waals surface area (Å²) in [6.07, 6.45) is 1.22. The van der Waals surface area contributed by atoms with Crippen LogP contribution in [0.1, 0.15) is 35.6 Å². The van der Waals surface area contributed by atoms with Gasteiger partial charge >= 0.3 is 0 Å². The van der Waals surface area contributed by atoms with E-state index in [1.54, 1.807) is 36.4 Å². The maximum absolute atomic E-state index is 13.2. The standard InChI is InChI=1S/C19H23NO5S2/c1-14-6-9-16(10-7-14)26(21,22)20-12-4-5-18(20)17-13-15(2)8-11-19(17)27(23,24)25-3/h6-11,13,18H,4-5,12H2,1-3H3/t18-/m0/s1. The van der Waals surface area contributed by atoms with Gasteiger partial charge in [-0.15, -0.1) is 0 Å². The molecule has 0 radical (unpaired) electrons. The van der Waals surface area contributed by atoms with Gasteiger partial charge in [-0.25, -0.2) is 8.42 Å². The first kappa shape index (κ1) is 20.0. The van der Waals surface area contributed by atoms with Crippen molar-refractivity contribution in [1.29, 1.82) is 0 Å². The fourth-order valence-electron chi connectivity index (χ4n) is 3.43. The Labute approximate surface area is 161 Å². The summed E-state index contributed by atoms with van der Waals surface area (Å²) in [4.78, 5) is 0.232. The Balaban J connectivity index is 2.10. The molecule has 0 amide bonds. The highest BCUT2D eigenvalue weighted by atomic mass is 32.2. The third-order valence-electron chi connectivity index (χ3n) is 4.84. The molecule has 8 heteroatoms. The van der Waals surface area contributed by atoms with E-state index < -0.39 is 26.2 Å². The van der Waals surface area contributed by atoms with Crippen molar-refractivity contribution < 1.29 is 21.0 Å². The van der Waals surface area contributed by atoms with E-state index in [0.29, 0.717) is 24.9 Å². The van der Waals surface area contributed by atoms with Crippen molar-refractivity contribution in [2.45, 2.75) is 42.5 Å². The smallest absolute Gasteiger partial charge is 0.270 e. The summed E-state index contributed by atoms with van der Waals surface area (Å²) < 4.78 is 57.2. The second-order valence-corrected chi connectivity index (χ2v) is 10.3. The lowest BCUT2D eigenvalue weighted by Crippen LogP contribution is -2.31. The molecule has 6 nitrogen and oxygen atoms in total. The van der Waals surface area contributed by atoms with Crippen LogP contribution in [0.5, 0.6) is 0 Å². The summed E-state index contributed by atoms with van der Waals surface area (Å²) in [6, 6.07) is 11.0. The first-order chi connectivity index (χ1) is 12.7. The Kier molecular flexibility index (Phi) is 5.45. The molecule has 1 aliphatic rings. The van der Waals surface area contributed by atoms with Crippen LogP contribution in [0.15, 0.2) is 52.3 Å². The first-order valence-corrected chi connectivity index (χ1v) is 11.5. The second kappa shape index (κ2) is 7.35. The lowest BCUT2D eigenvalue weighted by atomic mass is 10.0. The van der Waals surface area contributed by atoms with E-state index in [4.69, 9.17) is 0 Å². The van der Waals surface area contributed by atoms with E-state index in [0.717, 1.165) is 18.2 Å². The van der Waals surface area contributed by atoms with Crippen molar-refractivity contribution >= 4 is 20.1 Å². The second-order valence-electron chi connectivity index (χ2n) is 6.75. The van der Waals surface area contributed by atoms with Gasteiger partial charge in [0.15, 0.2) is 0 Å². The van der Waals surface area contributed by atoms with E-state index in [-0.39, 0.29) is 9.79 Å². The third kappa shape index (κ3) is 3.80. The van der Waals surface area contributed by atoms with E-state index in [2.05, 4.69) is 4.18 Å². The molecule has 0 N–H and O–H groups in total. The molecule has 0 spiro atoms. The third-order valence-corrected chi connectivity index (χ3v) is 8.12. The number of aryl methyl sites for hydroxylation is 2. The number of hydrogen-bond donors (Lipinski definition) is 0. The van der Waals surface area contributed by atoms with Crippen molar-refractivity contribution in [3.8, 4) is 0 Å². The highest BCUT2D eigenvalue weighted by Gasteiger charge is 2.38. The molecule has 2 aromatic rings. The van der Waals surface area contributed by atoms with Crippen LogP contribution < -0.4 is 0 Å². The summed E-state index contributed by atoms with van der Waals surface area (Å²) >= 11 is 0.